The van der Waals surface area contributed by atoms with Crippen molar-refractivity contribution in [2.45, 2.75) is 38.6 Å². The van der Waals surface area contributed by atoms with E-state index in [1.54, 1.807) is 12.1 Å². The Hall–Kier alpha value is -1.84. The molecular weight excluding hydrogens is 242 g/mol. The lowest BCUT2D eigenvalue weighted by Gasteiger charge is -2.34. The van der Waals surface area contributed by atoms with Crippen molar-refractivity contribution in [2.24, 2.45) is 0 Å². The number of carbonyl (C=O) groups excluding carboxylic acids is 1. The number of likely N-dealkylation sites (tertiary alicyclic amines) is 1. The van der Waals surface area contributed by atoms with Crippen molar-refractivity contribution in [3.63, 3.8) is 0 Å². The largest absolute Gasteiger partial charge is 0.479 e. The number of hydrogen-bond acceptors (Lipinski definition) is 2. The maximum Gasteiger partial charge on any atom is 0.329 e. The molecule has 1 aromatic carbocycles. The molecule has 0 saturated carbocycles. The van der Waals surface area contributed by atoms with Crippen molar-refractivity contribution in [1.29, 1.82) is 0 Å². The predicted molar refractivity (Wildman–Crippen MR) is 72.1 cm³/mol. The summed E-state index contributed by atoms with van der Waals surface area (Å²) in [7, 11) is 0. The highest BCUT2D eigenvalue weighted by molar-refractivity contribution is 5.98. The fourth-order valence-electron chi connectivity index (χ4n) is 2.77. The average molecular weight is 261 g/mol. The van der Waals surface area contributed by atoms with Crippen LogP contribution in [0.1, 0.15) is 42.1 Å². The van der Waals surface area contributed by atoms with Gasteiger partial charge in [-0.3, -0.25) is 4.79 Å². The first-order valence-corrected chi connectivity index (χ1v) is 6.63. The number of hydrogen-bond donors (Lipinski definition) is 1. The average Bonchev–Trinajstić information content (AvgIpc) is 2.83. The molecule has 0 aromatic heterocycles. The molecule has 1 saturated heterocycles. The van der Waals surface area contributed by atoms with E-state index in [9.17, 15) is 14.7 Å². The fraction of sp³-hybridized carbons (Fsp3) is 0.467. The van der Waals surface area contributed by atoms with E-state index in [0.717, 1.165) is 12.0 Å². The Labute approximate surface area is 113 Å². The quantitative estimate of drug-likeness (QED) is 0.909. The lowest BCUT2D eigenvalue weighted by atomic mass is 9.92. The lowest BCUT2D eigenvalue weighted by Crippen LogP contribution is -2.52. The van der Waals surface area contributed by atoms with E-state index in [4.69, 9.17) is 0 Å². The number of carboxylic acids is 1. The molecule has 1 N–H and O–H groups in total. The van der Waals surface area contributed by atoms with Crippen LogP contribution in [0.25, 0.3) is 0 Å². The Morgan fingerprint density at radius 1 is 1.32 bits per heavy atom. The molecule has 4 heteroatoms. The van der Waals surface area contributed by atoms with Crippen LogP contribution in [0.2, 0.25) is 0 Å². The van der Waals surface area contributed by atoms with Crippen LogP contribution in [-0.4, -0.2) is 34.0 Å². The monoisotopic (exact) mass is 261 g/mol. The van der Waals surface area contributed by atoms with Crippen LogP contribution < -0.4 is 0 Å². The van der Waals surface area contributed by atoms with Crippen molar-refractivity contribution >= 4 is 11.9 Å². The summed E-state index contributed by atoms with van der Waals surface area (Å²) < 4.78 is 0. The summed E-state index contributed by atoms with van der Waals surface area (Å²) in [5.74, 6) is -1.07. The second-order valence-electron chi connectivity index (χ2n) is 5.12. The van der Waals surface area contributed by atoms with Gasteiger partial charge in [0.25, 0.3) is 5.91 Å². The van der Waals surface area contributed by atoms with Crippen LogP contribution >= 0.6 is 0 Å². The number of carboxylic acid groups (broad SMARTS) is 1. The summed E-state index contributed by atoms with van der Waals surface area (Å²) in [4.78, 5) is 25.6. The molecule has 4 nitrogen and oxygen atoms in total. The maximum atomic E-state index is 12.5. The first-order chi connectivity index (χ1) is 9.01. The third kappa shape index (κ3) is 2.23. The van der Waals surface area contributed by atoms with Crippen LogP contribution in [0.4, 0.5) is 0 Å². The molecule has 2 rings (SSSR count). The van der Waals surface area contributed by atoms with E-state index in [2.05, 4.69) is 0 Å². The molecule has 1 aromatic rings. The third-order valence-corrected chi connectivity index (χ3v) is 4.02. The number of nitrogens with zero attached hydrogens (tertiary/aromatic N) is 1. The van der Waals surface area contributed by atoms with E-state index < -0.39 is 11.5 Å². The number of aliphatic carboxylic acids is 1. The van der Waals surface area contributed by atoms with Crippen LogP contribution in [0.3, 0.4) is 0 Å². The van der Waals surface area contributed by atoms with Crippen LogP contribution in [0, 0.1) is 6.92 Å². The van der Waals surface area contributed by atoms with Crippen LogP contribution in [0.5, 0.6) is 0 Å². The number of rotatable bonds is 3. The summed E-state index contributed by atoms with van der Waals surface area (Å²) in [5, 5.41) is 9.48. The van der Waals surface area contributed by atoms with Gasteiger partial charge >= 0.3 is 5.97 Å². The van der Waals surface area contributed by atoms with E-state index in [1.807, 2.05) is 26.0 Å². The molecule has 1 aliphatic rings. The molecule has 1 fully saturated rings. The Morgan fingerprint density at radius 3 is 2.47 bits per heavy atom. The molecule has 0 aliphatic carbocycles. The van der Waals surface area contributed by atoms with Gasteiger partial charge in [-0.15, -0.1) is 0 Å². The van der Waals surface area contributed by atoms with Crippen molar-refractivity contribution in [3.8, 4) is 0 Å². The third-order valence-electron chi connectivity index (χ3n) is 4.02. The van der Waals surface area contributed by atoms with Gasteiger partial charge in [-0.25, -0.2) is 4.79 Å². The number of aryl methyl sites for hydroxylation is 1. The topological polar surface area (TPSA) is 57.6 Å². The molecule has 1 amide bonds. The van der Waals surface area contributed by atoms with Gasteiger partial charge in [-0.2, -0.15) is 0 Å². The lowest BCUT2D eigenvalue weighted by molar-refractivity contribution is -0.148. The Bertz CT molecular complexity index is 495. The van der Waals surface area contributed by atoms with Crippen molar-refractivity contribution < 1.29 is 14.7 Å². The molecule has 0 radical (unpaired) electrons. The van der Waals surface area contributed by atoms with Crippen molar-refractivity contribution in [2.75, 3.05) is 6.54 Å². The Morgan fingerprint density at radius 2 is 1.95 bits per heavy atom. The smallest absolute Gasteiger partial charge is 0.329 e. The minimum atomic E-state index is -1.03. The summed E-state index contributed by atoms with van der Waals surface area (Å²) in [6, 6.07) is 7.27. The number of benzene rings is 1. The van der Waals surface area contributed by atoms with Crippen LogP contribution in [0.15, 0.2) is 24.3 Å². The summed E-state index contributed by atoms with van der Waals surface area (Å²) in [6.07, 6.45) is 1.73. The van der Waals surface area contributed by atoms with Gasteiger partial charge in [0.05, 0.1) is 0 Å². The number of amides is 1. The highest BCUT2D eigenvalue weighted by Crippen LogP contribution is 2.34. The molecule has 1 aliphatic heterocycles. The van der Waals surface area contributed by atoms with E-state index in [1.165, 1.54) is 4.90 Å². The molecule has 1 unspecified atom stereocenters. The Balaban J connectivity index is 2.32. The van der Waals surface area contributed by atoms with E-state index in [-0.39, 0.29) is 5.91 Å². The molecule has 19 heavy (non-hydrogen) atoms. The summed E-state index contributed by atoms with van der Waals surface area (Å²) in [6.45, 7) is 4.30. The van der Waals surface area contributed by atoms with Gasteiger partial charge in [0.2, 0.25) is 0 Å². The highest BCUT2D eigenvalue weighted by atomic mass is 16.4. The second kappa shape index (κ2) is 5.03. The maximum absolute atomic E-state index is 12.5. The van der Waals surface area contributed by atoms with Crippen molar-refractivity contribution in [1.82, 2.24) is 4.90 Å². The van der Waals surface area contributed by atoms with Gasteiger partial charge in [-0.1, -0.05) is 24.6 Å². The normalized spacial score (nSPS) is 22.5. The molecule has 0 bridgehead atoms. The summed E-state index contributed by atoms with van der Waals surface area (Å²) in [5.41, 5.74) is 0.617. The van der Waals surface area contributed by atoms with Gasteiger partial charge in [0, 0.05) is 12.1 Å². The fourth-order valence-corrected chi connectivity index (χ4v) is 2.77. The van der Waals surface area contributed by atoms with Gasteiger partial charge in [0.15, 0.2) is 0 Å². The van der Waals surface area contributed by atoms with Gasteiger partial charge in [-0.05, 0) is 38.3 Å². The summed E-state index contributed by atoms with van der Waals surface area (Å²) >= 11 is 0. The van der Waals surface area contributed by atoms with Gasteiger partial charge < -0.3 is 10.0 Å². The standard InChI is InChI=1S/C15H19NO3/c1-3-15(14(18)19)9-4-10-16(15)13(17)12-7-5-11(2)6-8-12/h5-8H,3-4,9-10H2,1-2H3,(H,18,19). The second-order valence-corrected chi connectivity index (χ2v) is 5.12. The molecule has 1 heterocycles. The zero-order valence-corrected chi connectivity index (χ0v) is 11.3. The predicted octanol–water partition coefficient (Wildman–Crippen LogP) is 2.46. The highest BCUT2D eigenvalue weighted by Gasteiger charge is 2.48. The minimum absolute atomic E-state index is 0.179. The zero-order valence-electron chi connectivity index (χ0n) is 11.3. The zero-order chi connectivity index (χ0) is 14.0. The Kier molecular flexibility index (Phi) is 3.60. The molecule has 102 valence electrons. The van der Waals surface area contributed by atoms with Crippen molar-refractivity contribution in [3.05, 3.63) is 35.4 Å². The first-order valence-electron chi connectivity index (χ1n) is 6.63. The van der Waals surface area contributed by atoms with E-state index in [0.29, 0.717) is 24.9 Å². The molecular formula is C15H19NO3. The van der Waals surface area contributed by atoms with E-state index >= 15 is 0 Å². The number of carbonyl (C=O) groups is 2. The van der Waals surface area contributed by atoms with Crippen LogP contribution in [-0.2, 0) is 4.79 Å². The van der Waals surface area contributed by atoms with Gasteiger partial charge in [0.1, 0.15) is 5.54 Å². The molecule has 1 atom stereocenters. The first kappa shape index (κ1) is 13.6. The molecule has 0 spiro atoms. The minimum Gasteiger partial charge on any atom is -0.479 e. The SMILES string of the molecule is CCC1(C(=O)O)CCCN1C(=O)c1ccc(C)cc1.